The van der Waals surface area contributed by atoms with Gasteiger partial charge in [0.2, 0.25) is 0 Å². The molecule has 0 amide bonds. The molecule has 1 aliphatic rings. The molecular weight excluding hydrogens is 208 g/mol. The molecule has 2 unspecified atom stereocenters. The summed E-state index contributed by atoms with van der Waals surface area (Å²) in [5, 5.41) is 9.62. The Balaban J connectivity index is 2.49. The van der Waals surface area contributed by atoms with Gasteiger partial charge in [-0.3, -0.25) is 0 Å². The van der Waals surface area contributed by atoms with Gasteiger partial charge in [0.25, 0.3) is 0 Å². The summed E-state index contributed by atoms with van der Waals surface area (Å²) < 4.78 is 5.13. The van der Waals surface area contributed by atoms with Crippen LogP contribution in [-0.4, -0.2) is 28.7 Å². The van der Waals surface area contributed by atoms with E-state index in [4.69, 9.17) is 4.74 Å². The van der Waals surface area contributed by atoms with Crippen LogP contribution in [-0.2, 0) is 4.74 Å². The molecule has 0 spiro atoms. The predicted octanol–water partition coefficient (Wildman–Crippen LogP) is 1.70. The van der Waals surface area contributed by atoms with Gasteiger partial charge in [-0.15, -0.1) is 0 Å². The van der Waals surface area contributed by atoms with Gasteiger partial charge in [-0.1, -0.05) is 22.9 Å². The number of hydrogen-bond donors (Lipinski definition) is 1. The van der Waals surface area contributed by atoms with E-state index in [2.05, 4.69) is 15.9 Å². The van der Waals surface area contributed by atoms with Crippen molar-refractivity contribution in [1.29, 1.82) is 0 Å². The largest absolute Gasteiger partial charge is 0.392 e. The van der Waals surface area contributed by atoms with Gasteiger partial charge in [0, 0.05) is 6.61 Å². The van der Waals surface area contributed by atoms with E-state index in [-0.39, 0.29) is 10.4 Å². The maximum absolute atomic E-state index is 9.62. The normalized spacial score (nSPS) is 35.2. The van der Waals surface area contributed by atoms with Crippen LogP contribution < -0.4 is 0 Å². The molecule has 1 fully saturated rings. The smallest absolute Gasteiger partial charge is 0.0749 e. The molecule has 11 heavy (non-hydrogen) atoms. The summed E-state index contributed by atoms with van der Waals surface area (Å²) in [6.07, 6.45) is 2.57. The lowest BCUT2D eigenvalue weighted by atomic mass is 9.94. The Bertz CT molecular complexity index is 121. The zero-order chi connectivity index (χ0) is 8.32. The highest BCUT2D eigenvalue weighted by Gasteiger charge is 2.36. The summed E-state index contributed by atoms with van der Waals surface area (Å²) in [7, 11) is 0. The van der Waals surface area contributed by atoms with Gasteiger partial charge in [-0.25, -0.2) is 0 Å². The van der Waals surface area contributed by atoms with Crippen LogP contribution in [0.3, 0.4) is 0 Å². The molecule has 2 nitrogen and oxygen atoms in total. The van der Waals surface area contributed by atoms with Crippen molar-refractivity contribution in [2.24, 2.45) is 0 Å². The maximum atomic E-state index is 9.62. The molecule has 2 atom stereocenters. The van der Waals surface area contributed by atoms with E-state index in [1.54, 1.807) is 0 Å². The van der Waals surface area contributed by atoms with Crippen LogP contribution in [0.5, 0.6) is 0 Å². The zero-order valence-corrected chi connectivity index (χ0v) is 8.43. The molecule has 1 rings (SSSR count). The lowest BCUT2D eigenvalue weighted by molar-refractivity contribution is 0.0126. The molecule has 0 radical (unpaired) electrons. The summed E-state index contributed by atoms with van der Waals surface area (Å²) in [4.78, 5) is 0. The van der Waals surface area contributed by atoms with Crippen LogP contribution in [0.4, 0.5) is 0 Å². The lowest BCUT2D eigenvalue weighted by Gasteiger charge is -2.35. The van der Waals surface area contributed by atoms with E-state index in [0.717, 1.165) is 25.9 Å². The standard InChI is InChI=1S/C8H15BrO2/c1-2-7(10)8(9)4-3-5-11-6-8/h7,10H,2-6H2,1H3. The Labute approximate surface area is 76.1 Å². The van der Waals surface area contributed by atoms with Crippen LogP contribution in [0.2, 0.25) is 0 Å². The highest BCUT2D eigenvalue weighted by molar-refractivity contribution is 9.10. The summed E-state index contributed by atoms with van der Waals surface area (Å²) in [6.45, 7) is 3.47. The van der Waals surface area contributed by atoms with Crippen molar-refractivity contribution >= 4 is 15.9 Å². The molecule has 0 aliphatic carbocycles. The summed E-state index contributed by atoms with van der Waals surface area (Å²) in [5.41, 5.74) is 0. The van der Waals surface area contributed by atoms with E-state index in [1.807, 2.05) is 6.92 Å². The van der Waals surface area contributed by atoms with Gasteiger partial charge in [0.15, 0.2) is 0 Å². The Hall–Kier alpha value is 0.400. The summed E-state index contributed by atoms with van der Waals surface area (Å²) in [6, 6.07) is 0. The number of hydrogen-bond acceptors (Lipinski definition) is 2. The van der Waals surface area contributed by atoms with E-state index in [1.165, 1.54) is 0 Å². The Morgan fingerprint density at radius 1 is 1.73 bits per heavy atom. The van der Waals surface area contributed by atoms with Crippen molar-refractivity contribution < 1.29 is 9.84 Å². The molecule has 0 aromatic heterocycles. The van der Waals surface area contributed by atoms with Crippen molar-refractivity contribution in [1.82, 2.24) is 0 Å². The molecule has 0 bridgehead atoms. The van der Waals surface area contributed by atoms with Crippen LogP contribution in [0, 0.1) is 0 Å². The summed E-state index contributed by atoms with van der Waals surface area (Å²) in [5.74, 6) is 0. The zero-order valence-electron chi connectivity index (χ0n) is 6.85. The first kappa shape index (κ1) is 9.49. The van der Waals surface area contributed by atoms with Gasteiger partial charge in [0.1, 0.15) is 0 Å². The van der Waals surface area contributed by atoms with Crippen LogP contribution in [0.1, 0.15) is 26.2 Å². The monoisotopic (exact) mass is 222 g/mol. The SMILES string of the molecule is CCC(O)C1(Br)CCCOC1. The number of rotatable bonds is 2. The Kier molecular flexibility index (Phi) is 3.34. The molecule has 1 heterocycles. The highest BCUT2D eigenvalue weighted by atomic mass is 79.9. The fraction of sp³-hybridized carbons (Fsp3) is 1.00. The quantitative estimate of drug-likeness (QED) is 0.722. The van der Waals surface area contributed by atoms with Crippen LogP contribution in [0.25, 0.3) is 0 Å². The van der Waals surface area contributed by atoms with Crippen molar-refractivity contribution in [2.45, 2.75) is 36.6 Å². The molecule has 1 N–H and O–H groups in total. The minimum atomic E-state index is -0.275. The fourth-order valence-corrected chi connectivity index (χ4v) is 2.18. The topological polar surface area (TPSA) is 29.5 Å². The number of aliphatic hydroxyl groups is 1. The third-order valence-electron chi connectivity index (χ3n) is 2.21. The molecule has 3 heteroatoms. The maximum Gasteiger partial charge on any atom is 0.0749 e. The minimum Gasteiger partial charge on any atom is -0.392 e. The average Bonchev–Trinajstić information content (AvgIpc) is 2.04. The second kappa shape index (κ2) is 3.87. The molecule has 1 saturated heterocycles. The third-order valence-corrected chi connectivity index (χ3v) is 3.36. The molecule has 66 valence electrons. The minimum absolute atomic E-state index is 0.167. The lowest BCUT2D eigenvalue weighted by Crippen LogP contribution is -2.43. The number of aliphatic hydroxyl groups excluding tert-OH is 1. The predicted molar refractivity (Wildman–Crippen MR) is 48.0 cm³/mol. The number of halogens is 1. The van der Waals surface area contributed by atoms with E-state index in [9.17, 15) is 5.11 Å². The Morgan fingerprint density at radius 3 is 2.91 bits per heavy atom. The van der Waals surface area contributed by atoms with Crippen molar-refractivity contribution in [3.8, 4) is 0 Å². The molecule has 0 aromatic carbocycles. The van der Waals surface area contributed by atoms with Crippen molar-refractivity contribution in [2.75, 3.05) is 13.2 Å². The first-order valence-corrected chi connectivity index (χ1v) is 4.93. The highest BCUT2D eigenvalue weighted by Crippen LogP contribution is 2.33. The van der Waals surface area contributed by atoms with Gasteiger partial charge in [-0.05, 0) is 19.3 Å². The number of alkyl halides is 1. The second-order valence-electron chi connectivity index (χ2n) is 3.11. The average molecular weight is 223 g/mol. The van der Waals surface area contributed by atoms with E-state index >= 15 is 0 Å². The van der Waals surface area contributed by atoms with E-state index < -0.39 is 0 Å². The Morgan fingerprint density at radius 2 is 2.45 bits per heavy atom. The van der Waals surface area contributed by atoms with Crippen molar-refractivity contribution in [3.05, 3.63) is 0 Å². The van der Waals surface area contributed by atoms with Crippen molar-refractivity contribution in [3.63, 3.8) is 0 Å². The fourth-order valence-electron chi connectivity index (χ4n) is 1.41. The van der Waals surface area contributed by atoms with Gasteiger partial charge in [0.05, 0.1) is 17.0 Å². The van der Waals surface area contributed by atoms with Gasteiger partial charge in [-0.2, -0.15) is 0 Å². The molecule has 1 aliphatic heterocycles. The first-order valence-electron chi connectivity index (χ1n) is 4.14. The second-order valence-corrected chi connectivity index (χ2v) is 4.69. The number of ether oxygens (including phenoxy) is 1. The van der Waals surface area contributed by atoms with E-state index in [0.29, 0.717) is 6.61 Å². The first-order chi connectivity index (χ1) is 5.19. The van der Waals surface area contributed by atoms with Crippen LogP contribution >= 0.6 is 15.9 Å². The molecular formula is C8H15BrO2. The van der Waals surface area contributed by atoms with Gasteiger partial charge < -0.3 is 9.84 Å². The van der Waals surface area contributed by atoms with Gasteiger partial charge >= 0.3 is 0 Å². The molecule has 0 aromatic rings. The molecule has 0 saturated carbocycles. The van der Waals surface area contributed by atoms with Crippen LogP contribution in [0.15, 0.2) is 0 Å². The third kappa shape index (κ3) is 2.17. The summed E-state index contributed by atoms with van der Waals surface area (Å²) >= 11 is 3.55.